The minimum absolute atomic E-state index is 0.237. The van der Waals surface area contributed by atoms with Crippen molar-refractivity contribution >= 4 is 0 Å². The van der Waals surface area contributed by atoms with E-state index in [-0.39, 0.29) is 5.92 Å². The Bertz CT molecular complexity index is 829. The van der Waals surface area contributed by atoms with E-state index in [1.54, 1.807) is 6.07 Å². The molecule has 0 aliphatic carbocycles. The van der Waals surface area contributed by atoms with E-state index in [0.717, 1.165) is 0 Å². The van der Waals surface area contributed by atoms with E-state index in [1.807, 2.05) is 12.1 Å². The van der Waals surface area contributed by atoms with Gasteiger partial charge in [0, 0.05) is 12.0 Å². The Balaban J connectivity index is 1.79. The SMILES string of the molecule is Cc1ccccc1C(C)Cc1nc(-c2ccc(O)c(F)c2)no1. The summed E-state index contributed by atoms with van der Waals surface area (Å²) in [5.41, 5.74) is 2.93. The maximum absolute atomic E-state index is 13.4. The van der Waals surface area contributed by atoms with Crippen molar-refractivity contribution in [2.45, 2.75) is 26.2 Å². The second kappa shape index (κ2) is 6.20. The highest BCUT2D eigenvalue weighted by Gasteiger charge is 2.15. The van der Waals surface area contributed by atoms with E-state index in [9.17, 15) is 9.50 Å². The Morgan fingerprint density at radius 1 is 1.22 bits per heavy atom. The molecule has 0 aliphatic rings. The van der Waals surface area contributed by atoms with E-state index < -0.39 is 11.6 Å². The van der Waals surface area contributed by atoms with Crippen molar-refractivity contribution in [3.63, 3.8) is 0 Å². The molecule has 3 aromatic rings. The Labute approximate surface area is 133 Å². The van der Waals surface area contributed by atoms with Crippen LogP contribution in [-0.2, 0) is 6.42 Å². The fourth-order valence-corrected chi connectivity index (χ4v) is 2.61. The number of aryl methyl sites for hydroxylation is 1. The number of phenolic OH excluding ortho intramolecular Hbond substituents is 1. The summed E-state index contributed by atoms with van der Waals surface area (Å²) >= 11 is 0. The third kappa shape index (κ3) is 3.23. The molecule has 1 unspecified atom stereocenters. The summed E-state index contributed by atoms with van der Waals surface area (Å²) in [6, 6.07) is 12.2. The molecule has 0 amide bonds. The predicted octanol–water partition coefficient (Wildman–Crippen LogP) is 4.24. The van der Waals surface area contributed by atoms with Crippen molar-refractivity contribution < 1.29 is 14.0 Å². The molecule has 3 rings (SSSR count). The highest BCUT2D eigenvalue weighted by atomic mass is 19.1. The van der Waals surface area contributed by atoms with Crippen LogP contribution < -0.4 is 0 Å². The van der Waals surface area contributed by atoms with Gasteiger partial charge in [-0.25, -0.2) is 4.39 Å². The van der Waals surface area contributed by atoms with Gasteiger partial charge in [-0.1, -0.05) is 36.3 Å². The lowest BCUT2D eigenvalue weighted by molar-refractivity contribution is 0.371. The summed E-state index contributed by atoms with van der Waals surface area (Å²) in [5.74, 6) is -0.0473. The van der Waals surface area contributed by atoms with Crippen LogP contribution in [0, 0.1) is 12.7 Å². The summed E-state index contributed by atoms with van der Waals surface area (Å²) in [7, 11) is 0. The molecule has 1 N–H and O–H groups in total. The van der Waals surface area contributed by atoms with Crippen LogP contribution in [0.4, 0.5) is 4.39 Å². The van der Waals surface area contributed by atoms with Crippen LogP contribution in [0.2, 0.25) is 0 Å². The molecule has 0 saturated carbocycles. The molecule has 0 fully saturated rings. The summed E-state index contributed by atoms with van der Waals surface area (Å²) in [5, 5.41) is 13.1. The fraction of sp³-hybridized carbons (Fsp3) is 0.222. The van der Waals surface area contributed by atoms with Gasteiger partial charge in [-0.15, -0.1) is 0 Å². The Hall–Kier alpha value is -2.69. The molecule has 4 nitrogen and oxygen atoms in total. The first kappa shape index (κ1) is 15.2. The number of nitrogens with zero attached hydrogens (tertiary/aromatic N) is 2. The van der Waals surface area contributed by atoms with E-state index >= 15 is 0 Å². The second-order valence-electron chi connectivity index (χ2n) is 5.64. The average Bonchev–Trinajstić information content (AvgIpc) is 2.99. The van der Waals surface area contributed by atoms with Crippen molar-refractivity contribution in [3.05, 3.63) is 65.3 Å². The van der Waals surface area contributed by atoms with Gasteiger partial charge in [0.15, 0.2) is 11.6 Å². The molecular formula is C18H17FN2O2. The average molecular weight is 312 g/mol. The number of hydrogen-bond donors (Lipinski definition) is 1. The largest absolute Gasteiger partial charge is 0.505 e. The predicted molar refractivity (Wildman–Crippen MR) is 84.7 cm³/mol. The first-order valence-corrected chi connectivity index (χ1v) is 7.41. The van der Waals surface area contributed by atoms with Gasteiger partial charge in [0.25, 0.3) is 0 Å². The van der Waals surface area contributed by atoms with E-state index in [2.05, 4.69) is 36.1 Å². The Morgan fingerprint density at radius 3 is 2.74 bits per heavy atom. The zero-order valence-electron chi connectivity index (χ0n) is 13.0. The number of phenols is 1. The minimum atomic E-state index is -0.706. The summed E-state index contributed by atoms with van der Waals surface area (Å²) in [4.78, 5) is 4.32. The van der Waals surface area contributed by atoms with Gasteiger partial charge in [-0.3, -0.25) is 0 Å². The van der Waals surface area contributed by atoms with Crippen LogP contribution in [0.25, 0.3) is 11.4 Å². The third-order valence-electron chi connectivity index (χ3n) is 3.87. The maximum atomic E-state index is 13.4. The number of aromatic hydroxyl groups is 1. The highest BCUT2D eigenvalue weighted by molar-refractivity contribution is 5.55. The van der Waals surface area contributed by atoms with Gasteiger partial charge < -0.3 is 9.63 Å². The zero-order valence-corrected chi connectivity index (χ0v) is 13.0. The number of hydrogen-bond acceptors (Lipinski definition) is 4. The lowest BCUT2D eigenvalue weighted by atomic mass is 9.94. The minimum Gasteiger partial charge on any atom is -0.505 e. The quantitative estimate of drug-likeness (QED) is 0.783. The molecule has 0 aliphatic heterocycles. The number of halogens is 1. The third-order valence-corrected chi connectivity index (χ3v) is 3.87. The molecule has 1 heterocycles. The summed E-state index contributed by atoms with van der Waals surface area (Å²) in [6.07, 6.45) is 0.610. The topological polar surface area (TPSA) is 59.2 Å². The highest BCUT2D eigenvalue weighted by Crippen LogP contribution is 2.25. The van der Waals surface area contributed by atoms with E-state index in [0.29, 0.717) is 23.7 Å². The van der Waals surface area contributed by atoms with Crippen LogP contribution in [-0.4, -0.2) is 15.2 Å². The van der Waals surface area contributed by atoms with E-state index in [4.69, 9.17) is 4.52 Å². The van der Waals surface area contributed by atoms with Gasteiger partial charge in [0.05, 0.1) is 0 Å². The van der Waals surface area contributed by atoms with E-state index in [1.165, 1.54) is 23.3 Å². The van der Waals surface area contributed by atoms with Gasteiger partial charge in [-0.05, 0) is 42.2 Å². The van der Waals surface area contributed by atoms with Crippen molar-refractivity contribution in [1.29, 1.82) is 0 Å². The molecule has 5 heteroatoms. The lowest BCUT2D eigenvalue weighted by Crippen LogP contribution is -2.01. The number of aromatic nitrogens is 2. The molecule has 0 bridgehead atoms. The summed E-state index contributed by atoms with van der Waals surface area (Å²) in [6.45, 7) is 4.18. The Morgan fingerprint density at radius 2 is 2.00 bits per heavy atom. The fourth-order valence-electron chi connectivity index (χ4n) is 2.61. The van der Waals surface area contributed by atoms with Gasteiger partial charge in [-0.2, -0.15) is 4.98 Å². The van der Waals surface area contributed by atoms with Crippen LogP contribution >= 0.6 is 0 Å². The number of benzene rings is 2. The molecule has 0 spiro atoms. The first-order chi connectivity index (χ1) is 11.0. The van der Waals surface area contributed by atoms with Crippen molar-refractivity contribution in [3.8, 4) is 17.1 Å². The Kier molecular flexibility index (Phi) is 4.10. The smallest absolute Gasteiger partial charge is 0.227 e. The normalized spacial score (nSPS) is 12.3. The molecule has 1 aromatic heterocycles. The maximum Gasteiger partial charge on any atom is 0.227 e. The van der Waals surface area contributed by atoms with Crippen LogP contribution in [0.3, 0.4) is 0 Å². The van der Waals surface area contributed by atoms with Gasteiger partial charge >= 0.3 is 0 Å². The van der Waals surface area contributed by atoms with Crippen molar-refractivity contribution in [2.24, 2.45) is 0 Å². The molecule has 23 heavy (non-hydrogen) atoms. The monoisotopic (exact) mass is 312 g/mol. The second-order valence-corrected chi connectivity index (χ2v) is 5.64. The van der Waals surface area contributed by atoms with Crippen molar-refractivity contribution in [2.75, 3.05) is 0 Å². The molecule has 1 atom stereocenters. The summed E-state index contributed by atoms with van der Waals surface area (Å²) < 4.78 is 18.7. The van der Waals surface area contributed by atoms with Crippen LogP contribution in [0.1, 0.15) is 29.9 Å². The standard InChI is InChI=1S/C18H17FN2O2/c1-11-5-3-4-6-14(11)12(2)9-17-20-18(21-23-17)13-7-8-16(22)15(19)10-13/h3-8,10,12,22H,9H2,1-2H3. The van der Waals surface area contributed by atoms with Crippen LogP contribution in [0.15, 0.2) is 47.0 Å². The molecule has 0 radical (unpaired) electrons. The first-order valence-electron chi connectivity index (χ1n) is 7.41. The van der Waals surface area contributed by atoms with Gasteiger partial charge in [0.1, 0.15) is 0 Å². The number of rotatable bonds is 4. The van der Waals surface area contributed by atoms with Crippen molar-refractivity contribution in [1.82, 2.24) is 10.1 Å². The molecular weight excluding hydrogens is 295 g/mol. The molecule has 118 valence electrons. The zero-order chi connectivity index (χ0) is 16.4. The molecule has 0 saturated heterocycles. The lowest BCUT2D eigenvalue weighted by Gasteiger charge is -2.11. The molecule has 2 aromatic carbocycles. The van der Waals surface area contributed by atoms with Gasteiger partial charge in [0.2, 0.25) is 11.7 Å². The van der Waals surface area contributed by atoms with Crippen LogP contribution in [0.5, 0.6) is 5.75 Å².